The molecule has 0 aliphatic heterocycles. The molecule has 3 rings (SSSR count). The Morgan fingerprint density at radius 2 is 1.81 bits per heavy atom. The quantitative estimate of drug-likeness (QED) is 0.694. The molecule has 0 unspecified atom stereocenters. The lowest BCUT2D eigenvalue weighted by atomic mass is 10.2. The Kier molecular flexibility index (Phi) is 4.06. The zero-order chi connectivity index (χ0) is 14.7. The first-order valence-corrected chi connectivity index (χ1v) is 7.35. The van der Waals surface area contributed by atoms with E-state index in [4.69, 9.17) is 9.47 Å². The van der Waals surface area contributed by atoms with Crippen LogP contribution < -0.4 is 9.47 Å². The van der Waals surface area contributed by atoms with Gasteiger partial charge in [0, 0.05) is 9.86 Å². The van der Waals surface area contributed by atoms with E-state index < -0.39 is 0 Å². The summed E-state index contributed by atoms with van der Waals surface area (Å²) >= 11 is 3.51. The van der Waals surface area contributed by atoms with Gasteiger partial charge in [-0.25, -0.2) is 0 Å². The fraction of sp³-hybridized carbons (Fsp3) is 0.118. The number of ether oxygens (including phenoxy) is 2. The molecule has 0 radical (unpaired) electrons. The van der Waals surface area contributed by atoms with Crippen LogP contribution in [0.2, 0.25) is 0 Å². The number of benzene rings is 2. The van der Waals surface area contributed by atoms with Crippen molar-refractivity contribution in [1.82, 2.24) is 4.98 Å². The number of methoxy groups -OCH3 is 1. The van der Waals surface area contributed by atoms with Crippen LogP contribution in [0.25, 0.3) is 10.9 Å². The van der Waals surface area contributed by atoms with Gasteiger partial charge in [0.05, 0.1) is 18.8 Å². The summed E-state index contributed by atoms with van der Waals surface area (Å²) < 4.78 is 12.0. The van der Waals surface area contributed by atoms with Gasteiger partial charge < -0.3 is 9.47 Å². The molecule has 0 fully saturated rings. The maximum atomic E-state index is 5.79. The highest BCUT2D eigenvalue weighted by Gasteiger charge is 2.06. The zero-order valence-electron chi connectivity index (χ0n) is 11.5. The highest BCUT2D eigenvalue weighted by atomic mass is 79.9. The molecular formula is C17H14BrNO2. The van der Waals surface area contributed by atoms with Crippen LogP contribution in [0.3, 0.4) is 0 Å². The number of rotatable bonds is 4. The number of halogens is 1. The summed E-state index contributed by atoms with van der Waals surface area (Å²) in [6.45, 7) is 0.527. The van der Waals surface area contributed by atoms with E-state index in [1.807, 2.05) is 48.5 Å². The predicted molar refractivity (Wildman–Crippen MR) is 86.8 cm³/mol. The molecular weight excluding hydrogens is 330 g/mol. The smallest absolute Gasteiger partial charge is 0.138 e. The van der Waals surface area contributed by atoms with Gasteiger partial charge in [-0.05, 0) is 39.7 Å². The zero-order valence-corrected chi connectivity index (χ0v) is 13.1. The molecule has 0 amide bonds. The Hall–Kier alpha value is -2.07. The number of nitrogens with zero attached hydrogens (tertiary/aromatic N) is 1. The number of pyridine rings is 1. The molecule has 0 spiro atoms. The second kappa shape index (κ2) is 6.14. The first kappa shape index (κ1) is 13.9. The van der Waals surface area contributed by atoms with Crippen LogP contribution in [0, 0.1) is 0 Å². The Bertz CT molecular complexity index is 759. The van der Waals surface area contributed by atoms with Crippen LogP contribution in [0.15, 0.2) is 59.2 Å². The van der Waals surface area contributed by atoms with E-state index >= 15 is 0 Å². The molecule has 1 aromatic heterocycles. The molecule has 0 saturated heterocycles. The van der Waals surface area contributed by atoms with Gasteiger partial charge in [0.25, 0.3) is 0 Å². The van der Waals surface area contributed by atoms with Crippen molar-refractivity contribution in [3.63, 3.8) is 0 Å². The minimum Gasteiger partial charge on any atom is -0.497 e. The van der Waals surface area contributed by atoms with E-state index in [9.17, 15) is 0 Å². The molecule has 3 aromatic rings. The monoisotopic (exact) mass is 343 g/mol. The van der Waals surface area contributed by atoms with E-state index in [1.165, 1.54) is 0 Å². The minimum atomic E-state index is 0.527. The number of hydrogen-bond acceptors (Lipinski definition) is 3. The van der Waals surface area contributed by atoms with Crippen LogP contribution >= 0.6 is 15.9 Å². The topological polar surface area (TPSA) is 31.4 Å². The lowest BCUT2D eigenvalue weighted by molar-refractivity contribution is 0.305. The van der Waals surface area contributed by atoms with E-state index in [2.05, 4.69) is 20.9 Å². The van der Waals surface area contributed by atoms with Crippen LogP contribution in [0.4, 0.5) is 0 Å². The Balaban J connectivity index is 1.86. The van der Waals surface area contributed by atoms with Crippen molar-refractivity contribution < 1.29 is 9.47 Å². The number of fused-ring (bicyclic) bond motifs is 1. The summed E-state index contributed by atoms with van der Waals surface area (Å²) in [5.41, 5.74) is 2.02. The van der Waals surface area contributed by atoms with Crippen molar-refractivity contribution in [1.29, 1.82) is 0 Å². The Morgan fingerprint density at radius 3 is 2.57 bits per heavy atom. The molecule has 106 valence electrons. The predicted octanol–water partition coefficient (Wildman–Crippen LogP) is 4.58. The fourth-order valence-electron chi connectivity index (χ4n) is 2.10. The average Bonchev–Trinajstić information content (AvgIpc) is 2.53. The third kappa shape index (κ3) is 3.16. The van der Waals surface area contributed by atoms with Crippen molar-refractivity contribution in [3.05, 3.63) is 64.8 Å². The van der Waals surface area contributed by atoms with Gasteiger partial charge in [0.2, 0.25) is 0 Å². The summed E-state index contributed by atoms with van der Waals surface area (Å²) in [5, 5.41) is 0.979. The third-order valence-corrected chi connectivity index (χ3v) is 3.77. The molecule has 0 saturated carbocycles. The van der Waals surface area contributed by atoms with Gasteiger partial charge in [0.1, 0.15) is 18.1 Å². The molecule has 0 aliphatic rings. The lowest BCUT2D eigenvalue weighted by Crippen LogP contribution is -1.96. The second-order valence-electron chi connectivity index (χ2n) is 4.63. The fourth-order valence-corrected chi connectivity index (χ4v) is 2.65. The average molecular weight is 344 g/mol. The standard InChI is InChI=1S/C17H14BrNO2/c1-20-14-7-13-8-15(10-19-17(13)16(18)9-14)21-11-12-5-3-2-4-6-12/h2-10H,11H2,1H3. The Morgan fingerprint density at radius 1 is 1.05 bits per heavy atom. The van der Waals surface area contributed by atoms with Crippen LogP contribution in [0.1, 0.15) is 5.56 Å². The van der Waals surface area contributed by atoms with Gasteiger partial charge in [-0.3, -0.25) is 4.98 Å². The van der Waals surface area contributed by atoms with Crippen molar-refractivity contribution in [2.24, 2.45) is 0 Å². The molecule has 4 heteroatoms. The highest BCUT2D eigenvalue weighted by molar-refractivity contribution is 9.10. The summed E-state index contributed by atoms with van der Waals surface area (Å²) in [6, 6.07) is 15.9. The third-order valence-electron chi connectivity index (χ3n) is 3.17. The summed E-state index contributed by atoms with van der Waals surface area (Å²) in [4.78, 5) is 4.44. The molecule has 21 heavy (non-hydrogen) atoms. The van der Waals surface area contributed by atoms with Crippen LogP contribution in [-0.4, -0.2) is 12.1 Å². The van der Waals surface area contributed by atoms with Crippen molar-refractivity contribution in [2.45, 2.75) is 6.61 Å². The minimum absolute atomic E-state index is 0.527. The van der Waals surface area contributed by atoms with Gasteiger partial charge in [-0.15, -0.1) is 0 Å². The molecule has 0 N–H and O–H groups in total. The second-order valence-corrected chi connectivity index (χ2v) is 5.48. The van der Waals surface area contributed by atoms with Gasteiger partial charge in [0.15, 0.2) is 0 Å². The number of aromatic nitrogens is 1. The molecule has 2 aromatic carbocycles. The van der Waals surface area contributed by atoms with Crippen molar-refractivity contribution in [2.75, 3.05) is 7.11 Å². The van der Waals surface area contributed by atoms with E-state index in [0.29, 0.717) is 6.61 Å². The number of hydrogen-bond donors (Lipinski definition) is 0. The van der Waals surface area contributed by atoms with Crippen molar-refractivity contribution in [3.8, 4) is 11.5 Å². The van der Waals surface area contributed by atoms with E-state index in [0.717, 1.165) is 32.4 Å². The molecule has 0 aliphatic carbocycles. The normalized spacial score (nSPS) is 10.6. The van der Waals surface area contributed by atoms with Crippen LogP contribution in [-0.2, 0) is 6.61 Å². The Labute approximate surface area is 131 Å². The van der Waals surface area contributed by atoms with Crippen molar-refractivity contribution >= 4 is 26.8 Å². The maximum absolute atomic E-state index is 5.79. The SMILES string of the molecule is COc1cc(Br)c2ncc(OCc3ccccc3)cc2c1. The van der Waals surface area contributed by atoms with E-state index in [1.54, 1.807) is 13.3 Å². The first-order chi connectivity index (χ1) is 10.3. The summed E-state index contributed by atoms with van der Waals surface area (Å²) in [5.74, 6) is 1.53. The summed E-state index contributed by atoms with van der Waals surface area (Å²) in [6.07, 6.45) is 1.74. The van der Waals surface area contributed by atoms with Crippen LogP contribution in [0.5, 0.6) is 11.5 Å². The molecule has 1 heterocycles. The highest BCUT2D eigenvalue weighted by Crippen LogP contribution is 2.30. The lowest BCUT2D eigenvalue weighted by Gasteiger charge is -2.09. The molecule has 0 atom stereocenters. The summed E-state index contributed by atoms with van der Waals surface area (Å²) in [7, 11) is 1.65. The largest absolute Gasteiger partial charge is 0.497 e. The molecule has 0 bridgehead atoms. The van der Waals surface area contributed by atoms with E-state index in [-0.39, 0.29) is 0 Å². The van der Waals surface area contributed by atoms with Gasteiger partial charge in [-0.2, -0.15) is 0 Å². The van der Waals surface area contributed by atoms with Gasteiger partial charge >= 0.3 is 0 Å². The maximum Gasteiger partial charge on any atom is 0.138 e. The first-order valence-electron chi connectivity index (χ1n) is 6.56. The molecule has 3 nitrogen and oxygen atoms in total. The van der Waals surface area contributed by atoms with Gasteiger partial charge in [-0.1, -0.05) is 30.3 Å².